The van der Waals surface area contributed by atoms with E-state index < -0.39 is 5.41 Å². The van der Waals surface area contributed by atoms with Gasteiger partial charge < -0.3 is 10.3 Å². The monoisotopic (exact) mass is 205 g/mol. The molecular formula is C11H15N3O. The van der Waals surface area contributed by atoms with Gasteiger partial charge in [0.1, 0.15) is 5.41 Å². The number of H-pyrrole nitrogens is 1. The predicted octanol–water partition coefficient (Wildman–Crippen LogP) is 1.57. The van der Waals surface area contributed by atoms with Crippen LogP contribution in [0.5, 0.6) is 0 Å². The fourth-order valence-corrected chi connectivity index (χ4v) is 1.14. The molecular weight excluding hydrogens is 190 g/mol. The summed E-state index contributed by atoms with van der Waals surface area (Å²) in [4.78, 5) is 14.6. The van der Waals surface area contributed by atoms with E-state index in [-0.39, 0.29) is 5.91 Å². The summed E-state index contributed by atoms with van der Waals surface area (Å²) in [5.74, 6) is -0.214. The van der Waals surface area contributed by atoms with Crippen molar-refractivity contribution in [3.63, 3.8) is 0 Å². The van der Waals surface area contributed by atoms with Gasteiger partial charge in [-0.25, -0.2) is 0 Å². The summed E-state index contributed by atoms with van der Waals surface area (Å²) in [6.45, 7) is 3.94. The number of nitrogens with zero attached hydrogens (tertiary/aromatic N) is 1. The van der Waals surface area contributed by atoms with Crippen molar-refractivity contribution in [2.24, 2.45) is 5.41 Å². The lowest BCUT2D eigenvalue weighted by Crippen LogP contribution is -2.37. The molecule has 1 aromatic rings. The first-order chi connectivity index (χ1) is 7.12. The molecule has 0 aromatic carbocycles. The number of nitriles is 1. The van der Waals surface area contributed by atoms with Crippen molar-refractivity contribution in [2.75, 3.05) is 0 Å². The Morgan fingerprint density at radius 2 is 2.47 bits per heavy atom. The van der Waals surface area contributed by atoms with Crippen LogP contribution >= 0.6 is 0 Å². The van der Waals surface area contributed by atoms with Gasteiger partial charge in [-0.2, -0.15) is 5.26 Å². The maximum absolute atomic E-state index is 11.7. The number of carbonyl (C=O) groups is 1. The second-order valence-electron chi connectivity index (χ2n) is 3.70. The van der Waals surface area contributed by atoms with Crippen LogP contribution in [0.1, 0.15) is 25.8 Å². The van der Waals surface area contributed by atoms with E-state index in [0.29, 0.717) is 13.0 Å². The third-order valence-corrected chi connectivity index (χ3v) is 2.57. The maximum atomic E-state index is 11.7. The number of aromatic nitrogens is 1. The third kappa shape index (κ3) is 2.59. The molecule has 0 aliphatic heterocycles. The quantitative estimate of drug-likeness (QED) is 0.783. The molecule has 0 fully saturated rings. The predicted molar refractivity (Wildman–Crippen MR) is 56.7 cm³/mol. The van der Waals surface area contributed by atoms with Crippen LogP contribution in [-0.4, -0.2) is 10.9 Å². The smallest absolute Gasteiger partial charge is 0.240 e. The largest absolute Gasteiger partial charge is 0.367 e. The van der Waals surface area contributed by atoms with Gasteiger partial charge in [0.05, 0.1) is 6.07 Å². The second-order valence-corrected chi connectivity index (χ2v) is 3.70. The van der Waals surface area contributed by atoms with Crippen molar-refractivity contribution >= 4 is 5.91 Å². The number of rotatable bonds is 4. The zero-order valence-corrected chi connectivity index (χ0v) is 9.00. The SMILES string of the molecule is CCC(C)(C#N)C(=O)NCc1cc[nH]c1. The minimum atomic E-state index is -0.920. The first-order valence-electron chi connectivity index (χ1n) is 4.93. The van der Waals surface area contributed by atoms with Gasteiger partial charge in [-0.1, -0.05) is 6.92 Å². The molecule has 1 atom stereocenters. The fourth-order valence-electron chi connectivity index (χ4n) is 1.14. The summed E-state index contributed by atoms with van der Waals surface area (Å²) in [6.07, 6.45) is 4.13. The highest BCUT2D eigenvalue weighted by Crippen LogP contribution is 2.19. The molecule has 1 unspecified atom stereocenters. The van der Waals surface area contributed by atoms with E-state index in [1.165, 1.54) is 0 Å². The van der Waals surface area contributed by atoms with Crippen LogP contribution in [0.4, 0.5) is 0 Å². The third-order valence-electron chi connectivity index (χ3n) is 2.57. The van der Waals surface area contributed by atoms with Gasteiger partial charge in [0, 0.05) is 18.9 Å². The molecule has 4 heteroatoms. The summed E-state index contributed by atoms with van der Waals surface area (Å²) in [6, 6.07) is 3.92. The average Bonchev–Trinajstić information content (AvgIpc) is 2.77. The van der Waals surface area contributed by atoms with E-state index in [0.717, 1.165) is 5.56 Å². The molecule has 80 valence electrons. The van der Waals surface area contributed by atoms with Crippen LogP contribution in [0.2, 0.25) is 0 Å². The first kappa shape index (κ1) is 11.3. The molecule has 0 saturated heterocycles. The first-order valence-corrected chi connectivity index (χ1v) is 4.93. The molecule has 1 amide bonds. The van der Waals surface area contributed by atoms with E-state index in [2.05, 4.69) is 10.3 Å². The molecule has 0 spiro atoms. The fraction of sp³-hybridized carbons (Fsp3) is 0.455. The molecule has 0 aliphatic carbocycles. The highest BCUT2D eigenvalue weighted by atomic mass is 16.2. The lowest BCUT2D eigenvalue weighted by molar-refractivity contribution is -0.127. The minimum Gasteiger partial charge on any atom is -0.367 e. The lowest BCUT2D eigenvalue weighted by Gasteiger charge is -2.18. The summed E-state index contributed by atoms with van der Waals surface area (Å²) in [7, 11) is 0. The molecule has 0 saturated carbocycles. The number of aromatic amines is 1. The second kappa shape index (κ2) is 4.65. The molecule has 15 heavy (non-hydrogen) atoms. The summed E-state index contributed by atoms with van der Waals surface area (Å²) in [5.41, 5.74) is 0.0794. The molecule has 4 nitrogen and oxygen atoms in total. The summed E-state index contributed by atoms with van der Waals surface area (Å²) in [5, 5.41) is 11.6. The Kier molecular flexibility index (Phi) is 3.51. The number of nitrogens with one attached hydrogen (secondary N) is 2. The van der Waals surface area contributed by atoms with Crippen LogP contribution in [0.25, 0.3) is 0 Å². The van der Waals surface area contributed by atoms with Gasteiger partial charge in [-0.05, 0) is 25.0 Å². The zero-order valence-electron chi connectivity index (χ0n) is 9.00. The van der Waals surface area contributed by atoms with Gasteiger partial charge in [0.25, 0.3) is 0 Å². The number of carbonyl (C=O) groups excluding carboxylic acids is 1. The van der Waals surface area contributed by atoms with Gasteiger partial charge in [-0.3, -0.25) is 4.79 Å². The van der Waals surface area contributed by atoms with Crippen molar-refractivity contribution < 1.29 is 4.79 Å². The van der Waals surface area contributed by atoms with E-state index >= 15 is 0 Å². The summed E-state index contributed by atoms with van der Waals surface area (Å²) < 4.78 is 0. The standard InChI is InChI=1S/C11H15N3O/c1-3-11(2,8-12)10(15)14-7-9-4-5-13-6-9/h4-6,13H,3,7H2,1-2H3,(H,14,15). The maximum Gasteiger partial charge on any atom is 0.240 e. The van der Waals surface area contributed by atoms with Crippen molar-refractivity contribution in [1.82, 2.24) is 10.3 Å². The van der Waals surface area contributed by atoms with Gasteiger partial charge in [0.15, 0.2) is 0 Å². The van der Waals surface area contributed by atoms with Crippen LogP contribution in [0.15, 0.2) is 18.5 Å². The topological polar surface area (TPSA) is 68.7 Å². The summed E-state index contributed by atoms with van der Waals surface area (Å²) >= 11 is 0. The van der Waals surface area contributed by atoms with Crippen LogP contribution < -0.4 is 5.32 Å². The number of hydrogen-bond donors (Lipinski definition) is 2. The zero-order chi connectivity index (χ0) is 11.3. The van der Waals surface area contributed by atoms with Crippen LogP contribution in [0.3, 0.4) is 0 Å². The van der Waals surface area contributed by atoms with E-state index in [1.54, 1.807) is 13.1 Å². The normalized spacial score (nSPS) is 13.9. The van der Waals surface area contributed by atoms with E-state index in [9.17, 15) is 4.79 Å². The Labute approximate surface area is 89.3 Å². The molecule has 0 aliphatic rings. The molecule has 2 N–H and O–H groups in total. The molecule has 1 rings (SSSR count). The lowest BCUT2D eigenvalue weighted by atomic mass is 9.88. The van der Waals surface area contributed by atoms with Crippen LogP contribution in [-0.2, 0) is 11.3 Å². The van der Waals surface area contributed by atoms with Gasteiger partial charge in [0.2, 0.25) is 5.91 Å². The molecule has 1 aromatic heterocycles. The Bertz CT molecular complexity index is 364. The average molecular weight is 205 g/mol. The minimum absolute atomic E-state index is 0.214. The van der Waals surface area contributed by atoms with Gasteiger partial charge in [-0.15, -0.1) is 0 Å². The van der Waals surface area contributed by atoms with E-state index in [1.807, 2.05) is 25.3 Å². The Morgan fingerprint density at radius 3 is 2.93 bits per heavy atom. The molecule has 0 bridgehead atoms. The van der Waals surface area contributed by atoms with Crippen molar-refractivity contribution in [2.45, 2.75) is 26.8 Å². The Morgan fingerprint density at radius 1 is 1.73 bits per heavy atom. The number of hydrogen-bond acceptors (Lipinski definition) is 2. The molecule has 1 heterocycles. The highest BCUT2D eigenvalue weighted by Gasteiger charge is 2.30. The van der Waals surface area contributed by atoms with Crippen molar-refractivity contribution in [3.8, 4) is 6.07 Å². The van der Waals surface area contributed by atoms with Gasteiger partial charge >= 0.3 is 0 Å². The number of amides is 1. The Hall–Kier alpha value is -1.76. The highest BCUT2D eigenvalue weighted by molar-refractivity contribution is 5.84. The van der Waals surface area contributed by atoms with E-state index in [4.69, 9.17) is 5.26 Å². The van der Waals surface area contributed by atoms with Crippen LogP contribution in [0, 0.1) is 16.7 Å². The molecule has 0 radical (unpaired) electrons. The Balaban J connectivity index is 2.53. The van der Waals surface area contributed by atoms with Crippen molar-refractivity contribution in [1.29, 1.82) is 5.26 Å². The van der Waals surface area contributed by atoms with Crippen molar-refractivity contribution in [3.05, 3.63) is 24.0 Å².